The molecule has 5 aromatic rings. The van der Waals surface area contributed by atoms with Gasteiger partial charge in [-0.2, -0.15) is 9.78 Å². The molecular formula is C29H21BrFN3O3. The van der Waals surface area contributed by atoms with Crippen molar-refractivity contribution < 1.29 is 13.9 Å². The number of rotatable bonds is 7. The van der Waals surface area contributed by atoms with Crippen LogP contribution in [0, 0.1) is 5.82 Å². The molecule has 37 heavy (non-hydrogen) atoms. The highest BCUT2D eigenvalue weighted by molar-refractivity contribution is 9.10. The molecule has 8 heteroatoms. The second kappa shape index (κ2) is 10.8. The topological polar surface area (TPSA) is 65.7 Å². The average molecular weight is 558 g/mol. The van der Waals surface area contributed by atoms with Crippen molar-refractivity contribution in [2.45, 2.75) is 6.61 Å². The number of nitrogens with zero attached hydrogens (tertiary/aromatic N) is 3. The molecule has 1 heterocycles. The zero-order valence-electron chi connectivity index (χ0n) is 19.8. The van der Waals surface area contributed by atoms with Crippen LogP contribution in [0.5, 0.6) is 11.5 Å². The molecule has 0 radical (unpaired) electrons. The number of benzene rings is 4. The van der Waals surface area contributed by atoms with Gasteiger partial charge in [-0.05, 0) is 63.5 Å². The molecule has 184 valence electrons. The van der Waals surface area contributed by atoms with Gasteiger partial charge in [0.1, 0.15) is 12.4 Å². The van der Waals surface area contributed by atoms with Crippen LogP contribution in [0.25, 0.3) is 22.3 Å². The molecule has 6 nitrogen and oxygen atoms in total. The molecule has 5 rings (SSSR count). The number of ether oxygens (including phenoxy) is 2. The summed E-state index contributed by atoms with van der Waals surface area (Å²) < 4.78 is 26.9. The molecule has 0 amide bonds. The van der Waals surface area contributed by atoms with Crippen molar-refractivity contribution in [2.24, 2.45) is 5.10 Å². The molecule has 0 fully saturated rings. The number of para-hydroxylation sites is 1. The maximum atomic E-state index is 13.5. The van der Waals surface area contributed by atoms with E-state index in [1.165, 1.54) is 23.9 Å². The summed E-state index contributed by atoms with van der Waals surface area (Å²) in [7, 11) is 1.53. The largest absolute Gasteiger partial charge is 0.493 e. The summed E-state index contributed by atoms with van der Waals surface area (Å²) in [6, 6.07) is 26.4. The fraction of sp³-hybridized carbons (Fsp3) is 0.0690. The highest BCUT2D eigenvalue weighted by Gasteiger charge is 2.14. The number of halogens is 2. The summed E-state index contributed by atoms with van der Waals surface area (Å²) in [5.41, 5.74) is 2.45. The summed E-state index contributed by atoms with van der Waals surface area (Å²) >= 11 is 3.53. The zero-order chi connectivity index (χ0) is 25.8. The minimum atomic E-state index is -0.327. The van der Waals surface area contributed by atoms with Gasteiger partial charge in [-0.25, -0.2) is 9.37 Å². The molecule has 0 N–H and O–H groups in total. The maximum Gasteiger partial charge on any atom is 0.282 e. The second-order valence-corrected chi connectivity index (χ2v) is 8.99. The number of methoxy groups -OCH3 is 1. The molecule has 0 unspecified atom stereocenters. The summed E-state index contributed by atoms with van der Waals surface area (Å²) in [5.74, 6) is 1.03. The number of hydrogen-bond donors (Lipinski definition) is 0. The van der Waals surface area contributed by atoms with Crippen LogP contribution in [0.3, 0.4) is 0 Å². The Morgan fingerprint density at radius 3 is 2.57 bits per heavy atom. The molecule has 0 aliphatic heterocycles. The standard InChI is InChI=1S/C29H21BrFN3O3/c1-36-26-16-20(15-24(30)27(26)37-18-19-8-7-11-22(31)14-19)17-32-34-28(21-9-3-2-4-10-21)33-25-13-6-5-12-23(25)29(34)35/h2-17H,18H2,1H3. The van der Waals surface area contributed by atoms with Crippen molar-refractivity contribution in [3.63, 3.8) is 0 Å². The van der Waals surface area contributed by atoms with Gasteiger partial charge in [0.15, 0.2) is 17.3 Å². The Morgan fingerprint density at radius 2 is 1.78 bits per heavy atom. The van der Waals surface area contributed by atoms with Crippen molar-refractivity contribution in [1.29, 1.82) is 0 Å². The van der Waals surface area contributed by atoms with E-state index in [0.29, 0.717) is 43.8 Å². The first-order valence-corrected chi connectivity index (χ1v) is 12.2. The molecular weight excluding hydrogens is 537 g/mol. The molecule has 0 saturated heterocycles. The minimum absolute atomic E-state index is 0.165. The van der Waals surface area contributed by atoms with Gasteiger partial charge in [-0.1, -0.05) is 54.6 Å². The lowest BCUT2D eigenvalue weighted by atomic mass is 10.2. The molecule has 0 saturated carbocycles. The van der Waals surface area contributed by atoms with E-state index in [1.54, 1.807) is 42.6 Å². The van der Waals surface area contributed by atoms with Gasteiger partial charge in [-0.3, -0.25) is 4.79 Å². The third-order valence-electron chi connectivity index (χ3n) is 5.63. The highest BCUT2D eigenvalue weighted by Crippen LogP contribution is 2.37. The molecule has 0 spiro atoms. The number of fused-ring (bicyclic) bond motifs is 1. The van der Waals surface area contributed by atoms with Crippen LogP contribution in [0.1, 0.15) is 11.1 Å². The number of aromatic nitrogens is 2. The predicted octanol–water partition coefficient (Wildman–Crippen LogP) is 6.43. The van der Waals surface area contributed by atoms with E-state index in [-0.39, 0.29) is 18.0 Å². The lowest BCUT2D eigenvalue weighted by Crippen LogP contribution is -2.20. The Hall–Kier alpha value is -4.30. The Morgan fingerprint density at radius 1 is 1.00 bits per heavy atom. The van der Waals surface area contributed by atoms with E-state index in [1.807, 2.05) is 42.5 Å². The molecule has 0 aliphatic carbocycles. The Bertz CT molecular complexity index is 1670. The van der Waals surface area contributed by atoms with Crippen molar-refractivity contribution in [3.05, 3.63) is 123 Å². The van der Waals surface area contributed by atoms with Crippen molar-refractivity contribution in [3.8, 4) is 22.9 Å². The third kappa shape index (κ3) is 5.29. The maximum absolute atomic E-state index is 13.5. The van der Waals surface area contributed by atoms with Gasteiger partial charge >= 0.3 is 0 Å². The Kier molecular flexibility index (Phi) is 7.09. The first-order valence-electron chi connectivity index (χ1n) is 11.4. The highest BCUT2D eigenvalue weighted by atomic mass is 79.9. The minimum Gasteiger partial charge on any atom is -0.493 e. The Balaban J connectivity index is 1.52. The molecule has 4 aromatic carbocycles. The van der Waals surface area contributed by atoms with E-state index < -0.39 is 0 Å². The van der Waals surface area contributed by atoms with Gasteiger partial charge in [0, 0.05) is 5.56 Å². The lowest BCUT2D eigenvalue weighted by Gasteiger charge is -2.14. The fourth-order valence-corrected chi connectivity index (χ4v) is 4.44. The average Bonchev–Trinajstić information content (AvgIpc) is 2.92. The van der Waals surface area contributed by atoms with E-state index in [4.69, 9.17) is 14.5 Å². The summed E-state index contributed by atoms with van der Waals surface area (Å²) in [4.78, 5) is 18.1. The monoisotopic (exact) mass is 557 g/mol. The van der Waals surface area contributed by atoms with Crippen LogP contribution in [-0.4, -0.2) is 23.0 Å². The van der Waals surface area contributed by atoms with Gasteiger partial charge in [0.2, 0.25) is 0 Å². The van der Waals surface area contributed by atoms with Crippen LogP contribution in [0.2, 0.25) is 0 Å². The third-order valence-corrected chi connectivity index (χ3v) is 6.22. The van der Waals surface area contributed by atoms with Crippen LogP contribution in [-0.2, 0) is 6.61 Å². The van der Waals surface area contributed by atoms with E-state index in [2.05, 4.69) is 21.0 Å². The summed E-state index contributed by atoms with van der Waals surface area (Å²) in [6.45, 7) is 0.165. The number of hydrogen-bond acceptors (Lipinski definition) is 5. The SMILES string of the molecule is COc1cc(C=Nn2c(-c3ccccc3)nc3ccccc3c2=O)cc(Br)c1OCc1cccc(F)c1. The van der Waals surface area contributed by atoms with Gasteiger partial charge in [0.25, 0.3) is 5.56 Å². The van der Waals surface area contributed by atoms with E-state index in [0.717, 1.165) is 5.56 Å². The van der Waals surface area contributed by atoms with Crippen LogP contribution in [0.4, 0.5) is 4.39 Å². The first-order chi connectivity index (χ1) is 18.0. The van der Waals surface area contributed by atoms with E-state index >= 15 is 0 Å². The van der Waals surface area contributed by atoms with Gasteiger partial charge in [0.05, 0.1) is 28.7 Å². The second-order valence-electron chi connectivity index (χ2n) is 8.13. The first kappa shape index (κ1) is 24.4. The van der Waals surface area contributed by atoms with E-state index in [9.17, 15) is 9.18 Å². The van der Waals surface area contributed by atoms with Crippen molar-refractivity contribution in [1.82, 2.24) is 9.66 Å². The molecule has 0 aliphatic rings. The predicted molar refractivity (Wildman–Crippen MR) is 146 cm³/mol. The normalized spacial score (nSPS) is 11.2. The van der Waals surface area contributed by atoms with Crippen LogP contribution < -0.4 is 15.0 Å². The quantitative estimate of drug-likeness (QED) is 0.216. The van der Waals surface area contributed by atoms with Crippen molar-refractivity contribution >= 4 is 33.0 Å². The lowest BCUT2D eigenvalue weighted by molar-refractivity contribution is 0.282. The molecule has 0 atom stereocenters. The van der Waals surface area contributed by atoms with Crippen LogP contribution >= 0.6 is 15.9 Å². The molecule has 1 aromatic heterocycles. The van der Waals surface area contributed by atoms with Gasteiger partial charge < -0.3 is 9.47 Å². The van der Waals surface area contributed by atoms with Gasteiger partial charge in [-0.15, -0.1) is 0 Å². The molecule has 0 bridgehead atoms. The summed E-state index contributed by atoms with van der Waals surface area (Å²) in [6.07, 6.45) is 1.56. The van der Waals surface area contributed by atoms with Crippen molar-refractivity contribution in [2.75, 3.05) is 7.11 Å². The van der Waals surface area contributed by atoms with Crippen LogP contribution in [0.15, 0.2) is 105 Å². The Labute approximate surface area is 220 Å². The smallest absolute Gasteiger partial charge is 0.282 e. The summed E-state index contributed by atoms with van der Waals surface area (Å²) in [5, 5.41) is 4.98. The zero-order valence-corrected chi connectivity index (χ0v) is 21.4. The fourth-order valence-electron chi connectivity index (χ4n) is 3.87.